The summed E-state index contributed by atoms with van der Waals surface area (Å²) < 4.78 is 0. The first-order chi connectivity index (χ1) is 10.0. The van der Waals surface area contributed by atoms with E-state index in [4.69, 9.17) is 0 Å². The van der Waals surface area contributed by atoms with E-state index in [0.29, 0.717) is 17.2 Å². The van der Waals surface area contributed by atoms with Crippen molar-refractivity contribution in [3.8, 4) is 5.75 Å². The summed E-state index contributed by atoms with van der Waals surface area (Å²) >= 11 is 0. The molecule has 1 aliphatic carbocycles. The lowest BCUT2D eigenvalue weighted by Crippen LogP contribution is -2.46. The first kappa shape index (κ1) is 16.2. The van der Waals surface area contributed by atoms with E-state index in [0.717, 1.165) is 13.1 Å². The Morgan fingerprint density at radius 2 is 1.76 bits per heavy atom. The Balaban J connectivity index is 2.04. The zero-order valence-electron chi connectivity index (χ0n) is 13.7. The minimum atomic E-state index is 0.334. The highest BCUT2D eigenvalue weighted by atomic mass is 16.3. The Morgan fingerprint density at radius 3 is 2.33 bits per heavy atom. The van der Waals surface area contributed by atoms with Crippen LogP contribution in [0, 0.1) is 5.41 Å². The highest BCUT2D eigenvalue weighted by Gasteiger charge is 2.33. The quantitative estimate of drug-likeness (QED) is 0.837. The lowest BCUT2D eigenvalue weighted by molar-refractivity contribution is 0.185. The molecule has 1 aliphatic rings. The van der Waals surface area contributed by atoms with Crippen LogP contribution in [0.15, 0.2) is 24.3 Å². The molecule has 0 atom stereocenters. The van der Waals surface area contributed by atoms with Crippen LogP contribution >= 0.6 is 0 Å². The van der Waals surface area contributed by atoms with Crippen LogP contribution in [0.1, 0.15) is 46.0 Å². The van der Waals surface area contributed by atoms with E-state index in [1.54, 1.807) is 12.1 Å². The molecule has 21 heavy (non-hydrogen) atoms. The third-order valence-electron chi connectivity index (χ3n) is 4.66. The average Bonchev–Trinajstić information content (AvgIpc) is 2.47. The van der Waals surface area contributed by atoms with E-state index in [1.807, 2.05) is 12.1 Å². The van der Waals surface area contributed by atoms with Crippen LogP contribution in [0.3, 0.4) is 0 Å². The molecule has 3 heteroatoms. The molecule has 1 saturated carbocycles. The number of benzene rings is 1. The lowest BCUT2D eigenvalue weighted by atomic mass is 9.73. The Morgan fingerprint density at radius 1 is 1.14 bits per heavy atom. The second-order valence-corrected chi connectivity index (χ2v) is 6.97. The van der Waals surface area contributed by atoms with Gasteiger partial charge in [0.15, 0.2) is 0 Å². The van der Waals surface area contributed by atoms with E-state index in [9.17, 15) is 5.11 Å². The normalized spacial score (nSPS) is 17.9. The highest BCUT2D eigenvalue weighted by molar-refractivity contribution is 5.48. The molecular weight excluding hydrogens is 260 g/mol. The fourth-order valence-corrected chi connectivity index (χ4v) is 3.41. The Hall–Kier alpha value is -1.22. The summed E-state index contributed by atoms with van der Waals surface area (Å²) in [5.74, 6) is 0.334. The number of hydrogen-bond donors (Lipinski definition) is 2. The van der Waals surface area contributed by atoms with Gasteiger partial charge in [0.2, 0.25) is 0 Å². The van der Waals surface area contributed by atoms with Crippen molar-refractivity contribution in [1.82, 2.24) is 5.32 Å². The number of phenols is 1. The third-order valence-corrected chi connectivity index (χ3v) is 4.66. The Labute approximate surface area is 129 Å². The van der Waals surface area contributed by atoms with Crippen LogP contribution in [0.25, 0.3) is 0 Å². The number of nitrogens with zero attached hydrogens (tertiary/aromatic N) is 1. The van der Waals surface area contributed by atoms with E-state index >= 15 is 0 Å². The van der Waals surface area contributed by atoms with Gasteiger partial charge in [-0.2, -0.15) is 0 Å². The van der Waals surface area contributed by atoms with Crippen LogP contribution in [-0.4, -0.2) is 31.3 Å². The fourth-order valence-electron chi connectivity index (χ4n) is 3.41. The molecule has 2 N–H and O–H groups in total. The van der Waals surface area contributed by atoms with Gasteiger partial charge in [0, 0.05) is 37.3 Å². The van der Waals surface area contributed by atoms with Gasteiger partial charge in [-0.15, -0.1) is 0 Å². The first-order valence-electron chi connectivity index (χ1n) is 8.24. The van der Waals surface area contributed by atoms with Crippen molar-refractivity contribution in [3.63, 3.8) is 0 Å². The maximum Gasteiger partial charge on any atom is 0.115 e. The molecule has 0 radical (unpaired) electrons. The molecule has 0 amide bonds. The minimum absolute atomic E-state index is 0.334. The number of rotatable bonds is 6. The molecule has 1 fully saturated rings. The summed E-state index contributed by atoms with van der Waals surface area (Å²) in [5, 5.41) is 13.1. The molecule has 118 valence electrons. The summed E-state index contributed by atoms with van der Waals surface area (Å²) in [4.78, 5) is 2.34. The van der Waals surface area contributed by atoms with Crippen LogP contribution in [0.4, 0.5) is 5.69 Å². The smallest absolute Gasteiger partial charge is 0.115 e. The molecule has 2 rings (SSSR count). The van der Waals surface area contributed by atoms with Gasteiger partial charge in [0.1, 0.15) is 5.75 Å². The van der Waals surface area contributed by atoms with Crippen molar-refractivity contribution in [3.05, 3.63) is 24.3 Å². The summed E-state index contributed by atoms with van der Waals surface area (Å²) in [5.41, 5.74) is 1.57. The molecule has 0 spiro atoms. The van der Waals surface area contributed by atoms with Crippen LogP contribution in [0.5, 0.6) is 5.75 Å². The molecule has 0 heterocycles. The van der Waals surface area contributed by atoms with Crippen LogP contribution in [0.2, 0.25) is 0 Å². The second-order valence-electron chi connectivity index (χ2n) is 6.97. The predicted molar refractivity (Wildman–Crippen MR) is 90.0 cm³/mol. The van der Waals surface area contributed by atoms with Gasteiger partial charge < -0.3 is 15.3 Å². The van der Waals surface area contributed by atoms with Crippen molar-refractivity contribution >= 4 is 5.69 Å². The van der Waals surface area contributed by atoms with E-state index in [1.165, 1.54) is 37.8 Å². The molecule has 1 aromatic rings. The molecule has 0 unspecified atom stereocenters. The topological polar surface area (TPSA) is 35.5 Å². The van der Waals surface area contributed by atoms with Crippen molar-refractivity contribution in [2.45, 2.75) is 52.0 Å². The van der Waals surface area contributed by atoms with Crippen molar-refractivity contribution in [2.24, 2.45) is 5.41 Å². The monoisotopic (exact) mass is 290 g/mol. The van der Waals surface area contributed by atoms with Crippen molar-refractivity contribution < 1.29 is 5.11 Å². The van der Waals surface area contributed by atoms with E-state index in [-0.39, 0.29) is 0 Å². The molecule has 3 nitrogen and oxygen atoms in total. The summed E-state index contributed by atoms with van der Waals surface area (Å²) in [6.45, 7) is 6.63. The summed E-state index contributed by atoms with van der Waals surface area (Å²) in [7, 11) is 2.16. The zero-order chi connectivity index (χ0) is 15.3. The molecule has 0 aromatic heterocycles. The van der Waals surface area contributed by atoms with Gasteiger partial charge in [-0.3, -0.25) is 0 Å². The average molecular weight is 290 g/mol. The summed E-state index contributed by atoms with van der Waals surface area (Å²) in [6.07, 6.45) is 6.71. The number of phenolic OH excluding ortho intramolecular Hbond substituents is 1. The first-order valence-corrected chi connectivity index (χ1v) is 8.24. The van der Waals surface area contributed by atoms with Gasteiger partial charge in [-0.25, -0.2) is 0 Å². The molecule has 0 saturated heterocycles. The second kappa shape index (κ2) is 7.17. The SMILES string of the molecule is CC(C)NCC1(CN(C)c2ccc(O)cc2)CCCCC1. The van der Waals surface area contributed by atoms with E-state index in [2.05, 4.69) is 31.1 Å². The molecule has 0 aliphatic heterocycles. The van der Waals surface area contributed by atoms with E-state index < -0.39 is 0 Å². The van der Waals surface area contributed by atoms with Gasteiger partial charge in [-0.1, -0.05) is 33.1 Å². The molecule has 0 bridgehead atoms. The highest BCUT2D eigenvalue weighted by Crippen LogP contribution is 2.37. The molecule has 1 aromatic carbocycles. The maximum absolute atomic E-state index is 9.43. The van der Waals surface area contributed by atoms with Gasteiger partial charge in [0.05, 0.1) is 0 Å². The lowest BCUT2D eigenvalue weighted by Gasteiger charge is -2.41. The standard InChI is InChI=1S/C18H30N2O/c1-15(2)19-13-18(11-5-4-6-12-18)14-20(3)16-7-9-17(21)10-8-16/h7-10,15,19,21H,4-6,11-14H2,1-3H3. The van der Waals surface area contributed by atoms with Crippen molar-refractivity contribution in [1.29, 1.82) is 0 Å². The van der Waals surface area contributed by atoms with Gasteiger partial charge in [0.25, 0.3) is 0 Å². The molecular formula is C18H30N2O. The van der Waals surface area contributed by atoms with Crippen molar-refractivity contribution in [2.75, 3.05) is 25.0 Å². The number of anilines is 1. The third kappa shape index (κ3) is 4.63. The van der Waals surface area contributed by atoms with Gasteiger partial charge in [-0.05, 0) is 37.1 Å². The van der Waals surface area contributed by atoms with Gasteiger partial charge >= 0.3 is 0 Å². The minimum Gasteiger partial charge on any atom is -0.508 e. The maximum atomic E-state index is 9.43. The number of hydrogen-bond acceptors (Lipinski definition) is 3. The van der Waals surface area contributed by atoms with Crippen LogP contribution in [-0.2, 0) is 0 Å². The predicted octanol–water partition coefficient (Wildman–Crippen LogP) is 3.78. The Bertz CT molecular complexity index is 421. The zero-order valence-corrected chi connectivity index (χ0v) is 13.7. The van der Waals surface area contributed by atoms with Crippen LogP contribution < -0.4 is 10.2 Å². The number of nitrogens with one attached hydrogen (secondary N) is 1. The summed E-state index contributed by atoms with van der Waals surface area (Å²) in [6, 6.07) is 8.09. The largest absolute Gasteiger partial charge is 0.508 e. The Kier molecular flexibility index (Phi) is 5.51. The number of aromatic hydroxyl groups is 1. The fraction of sp³-hybridized carbons (Fsp3) is 0.667.